The zero-order valence-corrected chi connectivity index (χ0v) is 14.5. The van der Waals surface area contributed by atoms with Gasteiger partial charge in [0.2, 0.25) is 5.91 Å². The minimum absolute atomic E-state index is 0.115. The minimum atomic E-state index is -0.287. The van der Waals surface area contributed by atoms with Gasteiger partial charge in [0.1, 0.15) is 5.82 Å². The number of hydrogen-bond acceptors (Lipinski definition) is 4. The Balaban J connectivity index is 1.85. The summed E-state index contributed by atoms with van der Waals surface area (Å²) in [6.45, 7) is 1.99. The van der Waals surface area contributed by atoms with Crippen molar-refractivity contribution < 1.29 is 4.79 Å². The summed E-state index contributed by atoms with van der Waals surface area (Å²) in [5.41, 5.74) is 1.31. The Hall–Kier alpha value is -2.60. The SMILES string of the molecule is CCSc1nc2c(c(=O)[nH]1)C(c1ccc3ccccc3c1)CC(=O)N2. The summed E-state index contributed by atoms with van der Waals surface area (Å²) < 4.78 is 0. The molecule has 0 aliphatic carbocycles. The van der Waals surface area contributed by atoms with Gasteiger partial charge in [0.05, 0.1) is 5.56 Å². The summed E-state index contributed by atoms with van der Waals surface area (Å²) in [7, 11) is 0. The summed E-state index contributed by atoms with van der Waals surface area (Å²) in [6.07, 6.45) is 0.246. The molecule has 2 heterocycles. The molecule has 126 valence electrons. The Kier molecular flexibility index (Phi) is 4.05. The Morgan fingerprint density at radius 1 is 1.16 bits per heavy atom. The number of benzene rings is 2. The topological polar surface area (TPSA) is 74.8 Å². The van der Waals surface area contributed by atoms with E-state index in [4.69, 9.17) is 0 Å². The largest absolute Gasteiger partial charge is 0.310 e. The third-order valence-electron chi connectivity index (χ3n) is 4.39. The van der Waals surface area contributed by atoms with Gasteiger partial charge in [-0.1, -0.05) is 61.2 Å². The van der Waals surface area contributed by atoms with Gasteiger partial charge in [-0.05, 0) is 22.1 Å². The Bertz CT molecular complexity index is 1030. The Labute approximate surface area is 148 Å². The first-order valence-electron chi connectivity index (χ1n) is 8.21. The first-order valence-corrected chi connectivity index (χ1v) is 9.20. The quantitative estimate of drug-likeness (QED) is 0.559. The van der Waals surface area contributed by atoms with Crippen LogP contribution in [0, 0.1) is 0 Å². The molecular formula is C19H17N3O2S. The lowest BCUT2D eigenvalue weighted by Crippen LogP contribution is -2.31. The van der Waals surface area contributed by atoms with E-state index in [0.29, 0.717) is 16.5 Å². The molecule has 0 radical (unpaired) electrons. The molecule has 2 aromatic carbocycles. The van der Waals surface area contributed by atoms with E-state index >= 15 is 0 Å². The highest BCUT2D eigenvalue weighted by Crippen LogP contribution is 2.35. The highest BCUT2D eigenvalue weighted by Gasteiger charge is 2.31. The number of thioether (sulfide) groups is 1. The zero-order chi connectivity index (χ0) is 17.4. The zero-order valence-electron chi connectivity index (χ0n) is 13.7. The van der Waals surface area contributed by atoms with Crippen molar-refractivity contribution in [2.75, 3.05) is 11.1 Å². The van der Waals surface area contributed by atoms with Crippen LogP contribution in [0.4, 0.5) is 5.82 Å². The maximum Gasteiger partial charge on any atom is 0.257 e. The van der Waals surface area contributed by atoms with E-state index in [1.165, 1.54) is 11.8 Å². The molecule has 5 nitrogen and oxygen atoms in total. The second kappa shape index (κ2) is 6.37. The maximum atomic E-state index is 12.7. The molecule has 4 rings (SSSR count). The van der Waals surface area contributed by atoms with Gasteiger partial charge in [0.25, 0.3) is 5.56 Å². The molecule has 1 aromatic heterocycles. The van der Waals surface area contributed by atoms with Gasteiger partial charge < -0.3 is 10.3 Å². The molecule has 0 bridgehead atoms. The standard InChI is InChI=1S/C19H17N3O2S/c1-2-25-19-21-17-16(18(24)22-19)14(10-15(23)20-17)13-8-7-11-5-3-4-6-12(11)9-13/h3-9,14H,2,10H2,1H3,(H2,20,21,22,23,24). The molecule has 3 aromatic rings. The van der Waals surface area contributed by atoms with Crippen LogP contribution >= 0.6 is 11.8 Å². The number of carbonyl (C=O) groups is 1. The first kappa shape index (κ1) is 15.9. The van der Waals surface area contributed by atoms with Crippen molar-refractivity contribution in [2.45, 2.75) is 24.4 Å². The van der Waals surface area contributed by atoms with Crippen molar-refractivity contribution in [3.63, 3.8) is 0 Å². The molecule has 2 N–H and O–H groups in total. The van der Waals surface area contributed by atoms with Crippen LogP contribution in [0.3, 0.4) is 0 Å². The molecule has 25 heavy (non-hydrogen) atoms. The molecular weight excluding hydrogens is 334 g/mol. The predicted octanol–water partition coefficient (Wildman–Crippen LogP) is 3.51. The van der Waals surface area contributed by atoms with Crippen LogP contribution in [-0.2, 0) is 4.79 Å². The molecule has 1 unspecified atom stereocenters. The molecule has 6 heteroatoms. The monoisotopic (exact) mass is 351 g/mol. The van der Waals surface area contributed by atoms with Gasteiger partial charge >= 0.3 is 0 Å². The summed E-state index contributed by atoms with van der Waals surface area (Å²) in [5.74, 6) is 0.777. The summed E-state index contributed by atoms with van der Waals surface area (Å²) >= 11 is 1.44. The normalized spacial score (nSPS) is 16.5. The van der Waals surface area contributed by atoms with Gasteiger partial charge in [-0.2, -0.15) is 0 Å². The number of nitrogens with zero attached hydrogens (tertiary/aromatic N) is 1. The van der Waals surface area contributed by atoms with E-state index in [0.717, 1.165) is 22.1 Å². The molecule has 1 aliphatic heterocycles. The third kappa shape index (κ3) is 2.93. The van der Waals surface area contributed by atoms with Crippen molar-refractivity contribution in [2.24, 2.45) is 0 Å². The lowest BCUT2D eigenvalue weighted by molar-refractivity contribution is -0.116. The first-order chi connectivity index (χ1) is 12.2. The number of fused-ring (bicyclic) bond motifs is 2. The van der Waals surface area contributed by atoms with Crippen molar-refractivity contribution >= 4 is 34.3 Å². The van der Waals surface area contributed by atoms with Gasteiger partial charge in [0.15, 0.2) is 5.16 Å². The van der Waals surface area contributed by atoms with Crippen molar-refractivity contribution in [3.8, 4) is 0 Å². The molecule has 1 atom stereocenters. The van der Waals surface area contributed by atoms with Gasteiger partial charge in [-0.15, -0.1) is 0 Å². The highest BCUT2D eigenvalue weighted by molar-refractivity contribution is 7.99. The smallest absolute Gasteiger partial charge is 0.257 e. The van der Waals surface area contributed by atoms with Gasteiger partial charge in [-0.25, -0.2) is 4.98 Å². The van der Waals surface area contributed by atoms with Crippen molar-refractivity contribution in [1.82, 2.24) is 9.97 Å². The number of anilines is 1. The lowest BCUT2D eigenvalue weighted by atomic mass is 9.86. The molecule has 1 aliphatic rings. The summed E-state index contributed by atoms with van der Waals surface area (Å²) in [6, 6.07) is 14.1. The highest BCUT2D eigenvalue weighted by atomic mass is 32.2. The van der Waals surface area contributed by atoms with E-state index in [2.05, 4.69) is 21.4 Å². The van der Waals surface area contributed by atoms with Crippen molar-refractivity contribution in [1.29, 1.82) is 0 Å². The third-order valence-corrected chi connectivity index (χ3v) is 5.14. The molecule has 0 saturated heterocycles. The number of H-pyrrole nitrogens is 1. The van der Waals surface area contributed by atoms with Crippen LogP contribution in [0.5, 0.6) is 0 Å². The van der Waals surface area contributed by atoms with E-state index in [-0.39, 0.29) is 23.8 Å². The van der Waals surface area contributed by atoms with E-state index in [9.17, 15) is 9.59 Å². The van der Waals surface area contributed by atoms with Crippen LogP contribution in [0.25, 0.3) is 10.8 Å². The Morgan fingerprint density at radius 3 is 2.76 bits per heavy atom. The number of nitrogens with one attached hydrogen (secondary N) is 2. The van der Waals surface area contributed by atoms with Crippen LogP contribution in [-0.4, -0.2) is 21.6 Å². The molecule has 1 amide bonds. The average molecular weight is 351 g/mol. The fourth-order valence-electron chi connectivity index (χ4n) is 3.26. The minimum Gasteiger partial charge on any atom is -0.310 e. The Morgan fingerprint density at radius 2 is 1.96 bits per heavy atom. The van der Waals surface area contributed by atoms with E-state index < -0.39 is 0 Å². The summed E-state index contributed by atoms with van der Waals surface area (Å²) in [5, 5.41) is 5.51. The number of aromatic amines is 1. The number of amides is 1. The molecule has 0 fully saturated rings. The van der Waals surface area contributed by atoms with E-state index in [1.54, 1.807) is 0 Å². The second-order valence-electron chi connectivity index (χ2n) is 5.98. The van der Waals surface area contributed by atoms with Crippen LogP contribution in [0.15, 0.2) is 52.4 Å². The lowest BCUT2D eigenvalue weighted by Gasteiger charge is -2.24. The van der Waals surface area contributed by atoms with Gasteiger partial charge in [0, 0.05) is 12.3 Å². The van der Waals surface area contributed by atoms with Crippen LogP contribution < -0.4 is 10.9 Å². The predicted molar refractivity (Wildman–Crippen MR) is 100 cm³/mol. The van der Waals surface area contributed by atoms with E-state index in [1.807, 2.05) is 43.3 Å². The second-order valence-corrected chi connectivity index (χ2v) is 7.23. The van der Waals surface area contributed by atoms with Crippen LogP contribution in [0.2, 0.25) is 0 Å². The van der Waals surface area contributed by atoms with Crippen molar-refractivity contribution in [3.05, 3.63) is 63.9 Å². The number of rotatable bonds is 3. The van der Waals surface area contributed by atoms with Gasteiger partial charge in [-0.3, -0.25) is 9.59 Å². The molecule has 0 spiro atoms. The molecule has 0 saturated carbocycles. The number of hydrogen-bond donors (Lipinski definition) is 2. The fraction of sp³-hybridized carbons (Fsp3) is 0.211. The maximum absolute atomic E-state index is 12.7. The average Bonchev–Trinajstić information content (AvgIpc) is 2.60. The summed E-state index contributed by atoms with van der Waals surface area (Å²) in [4.78, 5) is 32.1. The van der Waals surface area contributed by atoms with Crippen LogP contribution in [0.1, 0.15) is 30.4 Å². The number of carbonyl (C=O) groups excluding carboxylic acids is 1. The fourth-order valence-corrected chi connectivity index (χ4v) is 3.86. The number of aromatic nitrogens is 2.